The minimum atomic E-state index is -1.81. The number of thioether (sulfide) groups is 3. The number of hydrogen-bond donors (Lipinski definition) is 9. The van der Waals surface area contributed by atoms with Crippen LogP contribution in [0.1, 0.15) is 74.1 Å². The number of aliphatic hydroxyl groups is 8. The monoisotopic (exact) mass is 1540 g/mol. The highest BCUT2D eigenvalue weighted by Crippen LogP contribution is 2.17. The quantitative estimate of drug-likeness (QED) is 0.00424. The van der Waals surface area contributed by atoms with E-state index >= 15 is 0 Å². The van der Waals surface area contributed by atoms with Crippen molar-refractivity contribution >= 4 is 96.9 Å². The van der Waals surface area contributed by atoms with Crippen molar-refractivity contribution in [3.05, 3.63) is 49.7 Å². The zero-order valence-corrected chi connectivity index (χ0v) is 67.3. The molecule has 0 rings (SSSR count). The van der Waals surface area contributed by atoms with Gasteiger partial charge in [0.1, 0.15) is 6.61 Å². The van der Waals surface area contributed by atoms with Crippen LogP contribution in [-0.2, 0) is 97.9 Å². The first-order chi connectivity index (χ1) is 46.3. The maximum Gasteiger partial charge on any atom is 0.409 e. The van der Waals surface area contributed by atoms with Crippen LogP contribution in [-0.4, -0.2) is 272 Å². The third-order valence-corrected chi connectivity index (χ3v) is 24.4. The molecule has 586 valence electrons. The zero-order chi connectivity index (χ0) is 78.4. The van der Waals surface area contributed by atoms with E-state index in [1.807, 2.05) is 0 Å². The minimum Gasteiger partial charge on any atom is -0.481 e. The van der Waals surface area contributed by atoms with E-state index in [4.69, 9.17) is 86.5 Å². The standard InChI is InChI=1S/C15H23NO8S.C9H16O5S.3C7H18O3Si.C6H9NO3.C6H14O2S.C4H6O3/c1-9(2)13(19)23-8-16-15(21)22-5-12(18)7-25-6-10(3)14(20)24-11(4)17;1-6(9(13)14-7(2)11)4-15-5-8(12)3-10;3*1-8-6-5-7-11(4,9-2)10-3;1-5(2)6(8)10-4-9-3-7;1-2-3-9-5-6(8)4-7;1-3(5)7-4(2)6/h10,12,17-18H,1,4-8H2,2-3H3,(H,16,21);6,8,10-12H,2-5H2,1H3;3*5-7H2,1-4H3;5H,4H2,1-2H3;6-8H,2-5H2,1H3;5H,1H2,2H3. The van der Waals surface area contributed by atoms with Crippen molar-refractivity contribution in [3.63, 3.8) is 0 Å². The van der Waals surface area contributed by atoms with E-state index in [1.54, 1.807) is 103 Å². The molecule has 0 saturated heterocycles. The van der Waals surface area contributed by atoms with E-state index in [9.17, 15) is 33.9 Å². The van der Waals surface area contributed by atoms with Crippen molar-refractivity contribution in [1.29, 1.82) is 5.26 Å². The van der Waals surface area contributed by atoms with E-state index in [0.29, 0.717) is 23.0 Å². The number of esters is 5. The first-order valence-corrected chi connectivity index (χ1v) is 41.7. The maximum atomic E-state index is 11.4. The normalized spacial score (nSPS) is 12.0. The molecule has 32 nitrogen and oxygen atoms in total. The van der Waals surface area contributed by atoms with Crippen LogP contribution in [0.2, 0.25) is 37.8 Å². The molecule has 0 spiro atoms. The van der Waals surface area contributed by atoms with Gasteiger partial charge in [0.05, 0.1) is 49.3 Å². The minimum absolute atomic E-state index is 0.114. The fraction of sp³-hybridized carbons (Fsp3) is 0.754. The number of rotatable bonds is 45. The smallest absolute Gasteiger partial charge is 0.409 e. The molecule has 0 fully saturated rings. The number of amides is 1. The predicted molar refractivity (Wildman–Crippen MR) is 386 cm³/mol. The summed E-state index contributed by atoms with van der Waals surface area (Å²) < 4.78 is 77.3. The summed E-state index contributed by atoms with van der Waals surface area (Å²) in [6.45, 7) is 31.0. The molecule has 5 unspecified atom stereocenters. The molecule has 0 aliphatic heterocycles. The molecule has 0 aromatic heterocycles. The third-order valence-electron chi connectivity index (χ3n) is 11.4. The molecule has 0 aromatic carbocycles. The molecule has 0 aliphatic carbocycles. The molecule has 0 bridgehead atoms. The molecule has 1 amide bonds. The Kier molecular flexibility index (Phi) is 83.1. The Bertz CT molecular complexity index is 2040. The summed E-state index contributed by atoms with van der Waals surface area (Å²) >= 11 is 4.25. The molecule has 38 heteroatoms. The maximum absolute atomic E-state index is 11.4. The Morgan fingerprint density at radius 2 is 0.879 bits per heavy atom. The summed E-state index contributed by atoms with van der Waals surface area (Å²) in [5.41, 5.74) is 0.198. The zero-order valence-electron chi connectivity index (χ0n) is 61.9. The number of methoxy groups -OCH3 is 3. The fourth-order valence-corrected chi connectivity index (χ4v) is 12.2. The van der Waals surface area contributed by atoms with Crippen molar-refractivity contribution in [2.24, 2.45) is 17.8 Å². The number of carbonyl (C=O) groups is 6. The van der Waals surface area contributed by atoms with Gasteiger partial charge in [-0.3, -0.25) is 24.5 Å². The highest BCUT2D eigenvalue weighted by atomic mass is 32.2. The fourth-order valence-electron chi connectivity index (χ4n) is 5.28. The second kappa shape index (κ2) is 74.6. The van der Waals surface area contributed by atoms with Gasteiger partial charge < -0.3 is 115 Å². The van der Waals surface area contributed by atoms with E-state index in [-0.39, 0.29) is 56.6 Å². The number of ether oxygens (including phenoxy) is 10. The topological polar surface area (TPSA) is 448 Å². The summed E-state index contributed by atoms with van der Waals surface area (Å²) in [6.07, 6.45) is 2.47. The molecule has 0 saturated carbocycles. The Hall–Kier alpha value is -4.59. The number of nitrogens with zero attached hydrogens (tertiary/aromatic N) is 1. The second-order valence-electron chi connectivity index (χ2n) is 20.9. The highest BCUT2D eigenvalue weighted by molar-refractivity contribution is 7.99. The van der Waals surface area contributed by atoms with Gasteiger partial charge in [-0.2, -0.15) is 40.5 Å². The van der Waals surface area contributed by atoms with Crippen molar-refractivity contribution in [2.75, 3.05) is 152 Å². The molecule has 5 atom stereocenters. The van der Waals surface area contributed by atoms with Crippen LogP contribution in [0, 0.1) is 29.3 Å². The van der Waals surface area contributed by atoms with Crippen molar-refractivity contribution in [3.8, 4) is 6.26 Å². The number of hydrogen-bond acceptors (Lipinski definition) is 34. The Morgan fingerprint density at radius 3 is 1.15 bits per heavy atom. The molecule has 99 heavy (non-hydrogen) atoms. The van der Waals surface area contributed by atoms with Crippen LogP contribution in [0.5, 0.6) is 0 Å². The average Bonchev–Trinajstić information content (AvgIpc) is 1.22. The number of nitriles is 1. The summed E-state index contributed by atoms with van der Waals surface area (Å²) in [7, 11) is 9.94. The largest absolute Gasteiger partial charge is 0.481 e. The van der Waals surface area contributed by atoms with Gasteiger partial charge in [-0.1, -0.05) is 41.2 Å². The number of aliphatic hydroxyl groups excluding tert-OH is 8. The van der Waals surface area contributed by atoms with Gasteiger partial charge in [0.15, 0.2) is 6.73 Å². The van der Waals surface area contributed by atoms with E-state index in [1.165, 1.54) is 43.6 Å². The van der Waals surface area contributed by atoms with Crippen LogP contribution < -0.4 is 5.32 Å². The van der Waals surface area contributed by atoms with E-state index in [2.05, 4.69) is 86.6 Å². The number of nitrogens with one attached hydrogen (secondary N) is 1. The molecule has 0 heterocycles. The highest BCUT2D eigenvalue weighted by Gasteiger charge is 2.29. The van der Waals surface area contributed by atoms with Crippen molar-refractivity contribution in [1.82, 2.24) is 5.32 Å². The number of alkyl carbamates (subject to hydrolysis) is 1. The average molecular weight is 1540 g/mol. The van der Waals surface area contributed by atoms with E-state index < -0.39 is 104 Å². The first-order valence-electron chi connectivity index (χ1n) is 30.7. The Morgan fingerprint density at radius 1 is 0.525 bits per heavy atom. The number of carbonyl (C=O) groups excluding carboxylic acids is 6. The van der Waals surface area contributed by atoms with Gasteiger partial charge in [0.2, 0.25) is 6.79 Å². The van der Waals surface area contributed by atoms with Gasteiger partial charge in [-0.25, -0.2) is 9.59 Å². The third kappa shape index (κ3) is 84.0. The lowest BCUT2D eigenvalue weighted by atomic mass is 10.2. The lowest BCUT2D eigenvalue weighted by Crippen LogP contribution is -2.36. The van der Waals surface area contributed by atoms with Gasteiger partial charge in [-0.15, -0.1) is 0 Å². The van der Waals surface area contributed by atoms with Crippen LogP contribution in [0.4, 0.5) is 4.79 Å². The van der Waals surface area contributed by atoms with Gasteiger partial charge in [0.25, 0.3) is 24.1 Å². The van der Waals surface area contributed by atoms with Crippen LogP contribution in [0.15, 0.2) is 49.7 Å². The molecular formula is C61H122N2O30S3Si3. The molecule has 9 N–H and O–H groups in total. The summed E-state index contributed by atoms with van der Waals surface area (Å²) in [5, 5.41) is 79.9. The van der Waals surface area contributed by atoms with E-state index in [0.717, 1.165) is 69.4 Å². The SMILES string of the molecule is C=C(O)OC(=O)C(C)CSCC(O)CO.C=C(O)OC(=O)C(C)CSCC(O)COC(=O)NCOC(=O)C(=C)C.C=C(O)OC(C)=O.CC(C)C(=O)OCOC#N.CCCSCC(O)CO.COCCC[Si](C)(OC)OC.COCCC[Si](C)(OC)OC.COCCC[Si](C)(OC)OC. The second-order valence-corrected chi connectivity index (χ2v) is 35.0. The summed E-state index contributed by atoms with van der Waals surface area (Å²) in [4.78, 5) is 65.3. The van der Waals surface area contributed by atoms with Crippen molar-refractivity contribution in [2.45, 2.75) is 130 Å². The summed E-state index contributed by atoms with van der Waals surface area (Å²) in [5.74, 6) is -2.61. The lowest BCUT2D eigenvalue weighted by molar-refractivity contribution is -0.155. The van der Waals surface area contributed by atoms with Gasteiger partial charge >= 0.3 is 61.6 Å². The summed E-state index contributed by atoms with van der Waals surface area (Å²) in [6, 6.07) is 2.98. The van der Waals surface area contributed by atoms with Crippen LogP contribution in [0.25, 0.3) is 0 Å². The molecule has 0 aromatic rings. The molecule has 0 aliphatic rings. The van der Waals surface area contributed by atoms with Gasteiger partial charge in [0, 0.05) is 125 Å². The van der Waals surface area contributed by atoms with Crippen LogP contribution in [0.3, 0.4) is 0 Å². The van der Waals surface area contributed by atoms with Crippen molar-refractivity contribution < 1.29 is 144 Å². The Labute approximate surface area is 603 Å². The molecular weight excluding hydrogens is 1420 g/mol. The first kappa shape index (κ1) is 110. The van der Waals surface area contributed by atoms with Crippen LogP contribution >= 0.6 is 35.3 Å². The van der Waals surface area contributed by atoms with Gasteiger partial charge in [-0.05, 0) is 95.9 Å². The predicted octanol–water partition coefficient (Wildman–Crippen LogP) is 7.24. The Balaban J connectivity index is -0.000000165. The molecule has 0 radical (unpaired) electrons. The lowest BCUT2D eigenvalue weighted by Gasteiger charge is -2.22.